The van der Waals surface area contributed by atoms with Crippen LogP contribution in [0.4, 0.5) is 0 Å². The van der Waals surface area contributed by atoms with Gasteiger partial charge in [0.2, 0.25) is 0 Å². The van der Waals surface area contributed by atoms with E-state index in [2.05, 4.69) is 33.8 Å². The number of allylic oxidation sites excluding steroid dienone is 1. The van der Waals surface area contributed by atoms with Gasteiger partial charge in [-0.3, -0.25) is 4.79 Å². The van der Waals surface area contributed by atoms with Gasteiger partial charge in [-0.1, -0.05) is 25.5 Å². The molecule has 26 heavy (non-hydrogen) atoms. The van der Waals surface area contributed by atoms with Gasteiger partial charge in [-0.15, -0.1) is 0 Å². The van der Waals surface area contributed by atoms with Crippen molar-refractivity contribution >= 4 is 5.97 Å². The molecular formula is C22H34O4. The number of carbonyl (C=O) groups excluding carboxylic acids is 1. The van der Waals surface area contributed by atoms with Gasteiger partial charge in [0.1, 0.15) is 6.10 Å². The lowest BCUT2D eigenvalue weighted by atomic mass is 9.59. The SMILES string of the molecule is CC(=O)O[C@@H]1[C@H]2[C@H]3C(C[C@@H]1C)C(C)CO[C@]1(C)CC/C=C(/C)C[C@H]2O[C@H]31. The molecule has 0 N–H and O–H groups in total. The maximum Gasteiger partial charge on any atom is 0.302 e. The van der Waals surface area contributed by atoms with Crippen molar-refractivity contribution in [2.75, 3.05) is 6.61 Å². The van der Waals surface area contributed by atoms with E-state index < -0.39 is 0 Å². The van der Waals surface area contributed by atoms with Crippen molar-refractivity contribution in [1.29, 1.82) is 0 Å². The van der Waals surface area contributed by atoms with Gasteiger partial charge in [0.15, 0.2) is 0 Å². The van der Waals surface area contributed by atoms with Crippen LogP contribution in [0.15, 0.2) is 11.6 Å². The first-order valence-corrected chi connectivity index (χ1v) is 10.4. The second-order valence-corrected chi connectivity index (χ2v) is 9.59. The zero-order valence-electron chi connectivity index (χ0n) is 16.9. The molecule has 0 spiro atoms. The van der Waals surface area contributed by atoms with Crippen molar-refractivity contribution in [3.05, 3.63) is 11.6 Å². The van der Waals surface area contributed by atoms with Crippen LogP contribution in [0.3, 0.4) is 0 Å². The summed E-state index contributed by atoms with van der Waals surface area (Å²) < 4.78 is 19.2. The third-order valence-electron chi connectivity index (χ3n) is 7.59. The maximum atomic E-state index is 11.8. The van der Waals surface area contributed by atoms with Crippen LogP contribution >= 0.6 is 0 Å². The molecule has 146 valence electrons. The minimum absolute atomic E-state index is 0.0365. The van der Waals surface area contributed by atoms with Crippen molar-refractivity contribution in [2.45, 2.75) is 84.2 Å². The number of hydrogen-bond acceptors (Lipinski definition) is 4. The molecule has 2 saturated heterocycles. The van der Waals surface area contributed by atoms with Gasteiger partial charge in [0.05, 0.1) is 24.4 Å². The molecule has 4 heteroatoms. The first-order chi connectivity index (χ1) is 12.3. The molecule has 1 saturated carbocycles. The number of esters is 1. The third kappa shape index (κ3) is 2.93. The second kappa shape index (κ2) is 6.63. The first kappa shape index (κ1) is 18.5. The molecule has 2 bridgehead atoms. The minimum Gasteiger partial charge on any atom is -0.462 e. The summed E-state index contributed by atoms with van der Waals surface area (Å²) in [6, 6.07) is 0. The molecule has 2 unspecified atom stereocenters. The molecule has 4 nitrogen and oxygen atoms in total. The predicted molar refractivity (Wildman–Crippen MR) is 99.6 cm³/mol. The Labute approximate surface area is 157 Å². The van der Waals surface area contributed by atoms with Crippen molar-refractivity contribution < 1.29 is 19.0 Å². The van der Waals surface area contributed by atoms with E-state index >= 15 is 0 Å². The fraction of sp³-hybridized carbons (Fsp3) is 0.864. The summed E-state index contributed by atoms with van der Waals surface area (Å²) in [6.07, 6.45) is 6.64. The van der Waals surface area contributed by atoms with E-state index in [1.165, 1.54) is 5.57 Å². The van der Waals surface area contributed by atoms with E-state index in [0.29, 0.717) is 23.7 Å². The van der Waals surface area contributed by atoms with Crippen LogP contribution in [0.25, 0.3) is 0 Å². The van der Waals surface area contributed by atoms with Crippen molar-refractivity contribution in [1.82, 2.24) is 0 Å². The van der Waals surface area contributed by atoms with Crippen LogP contribution in [-0.2, 0) is 19.0 Å². The van der Waals surface area contributed by atoms with E-state index in [0.717, 1.165) is 32.3 Å². The fourth-order valence-corrected chi connectivity index (χ4v) is 6.34. The Morgan fingerprint density at radius 1 is 1.27 bits per heavy atom. The lowest BCUT2D eigenvalue weighted by Crippen LogP contribution is -2.51. The second-order valence-electron chi connectivity index (χ2n) is 9.59. The Bertz CT molecular complexity index is 599. The molecule has 3 fully saturated rings. The zero-order chi connectivity index (χ0) is 18.6. The molecule has 3 aliphatic heterocycles. The largest absolute Gasteiger partial charge is 0.462 e. The third-order valence-corrected chi connectivity index (χ3v) is 7.59. The average molecular weight is 363 g/mol. The standard InChI is InChI=1S/C22H34O4/c1-12-7-6-8-22(5)21-18-16(14(3)11-24-22)10-13(2)20(25-15(4)23)19(18)17(9-12)26-21/h7,13-14,16-21H,6,8-11H2,1-5H3/b12-7-/t13-,14?,16?,17+,18+,19+,20-,21+,22+/m0/s1. The predicted octanol–water partition coefficient (Wildman–Crippen LogP) is 4.13. The summed E-state index contributed by atoms with van der Waals surface area (Å²) >= 11 is 0. The highest BCUT2D eigenvalue weighted by molar-refractivity contribution is 5.66. The average Bonchev–Trinajstić information content (AvgIpc) is 2.92. The molecule has 4 aliphatic rings. The van der Waals surface area contributed by atoms with Gasteiger partial charge in [-0.05, 0) is 63.2 Å². The van der Waals surface area contributed by atoms with Crippen LogP contribution in [0, 0.1) is 29.6 Å². The number of rotatable bonds is 1. The van der Waals surface area contributed by atoms with Gasteiger partial charge >= 0.3 is 5.97 Å². The highest BCUT2D eigenvalue weighted by Gasteiger charge is 2.62. The Morgan fingerprint density at radius 2 is 2.04 bits per heavy atom. The highest BCUT2D eigenvalue weighted by atomic mass is 16.6. The molecule has 3 heterocycles. The normalized spacial score (nSPS) is 52.7. The lowest BCUT2D eigenvalue weighted by Gasteiger charge is -2.46. The Kier molecular flexibility index (Phi) is 4.71. The number of carbonyl (C=O) groups is 1. The number of hydrogen-bond donors (Lipinski definition) is 0. The van der Waals surface area contributed by atoms with Crippen molar-refractivity contribution in [3.63, 3.8) is 0 Å². The molecule has 0 aromatic rings. The van der Waals surface area contributed by atoms with E-state index in [1.54, 1.807) is 6.92 Å². The van der Waals surface area contributed by atoms with E-state index in [1.807, 2.05) is 0 Å². The molecule has 4 rings (SSSR count). The maximum absolute atomic E-state index is 11.8. The molecule has 1 aliphatic carbocycles. The first-order valence-electron chi connectivity index (χ1n) is 10.4. The molecule has 0 amide bonds. The van der Waals surface area contributed by atoms with Gasteiger partial charge < -0.3 is 14.2 Å². The van der Waals surface area contributed by atoms with Gasteiger partial charge in [0.25, 0.3) is 0 Å². The monoisotopic (exact) mass is 362 g/mol. The summed E-state index contributed by atoms with van der Waals surface area (Å²) in [7, 11) is 0. The van der Waals surface area contributed by atoms with Crippen LogP contribution in [-0.4, -0.2) is 36.5 Å². The molecule has 0 aromatic carbocycles. The lowest BCUT2D eigenvalue weighted by molar-refractivity contribution is -0.160. The van der Waals surface area contributed by atoms with Crippen LogP contribution in [0.2, 0.25) is 0 Å². The summed E-state index contributed by atoms with van der Waals surface area (Å²) in [6.45, 7) is 11.4. The Morgan fingerprint density at radius 3 is 2.77 bits per heavy atom. The van der Waals surface area contributed by atoms with Crippen molar-refractivity contribution in [3.8, 4) is 0 Å². The molecular weight excluding hydrogens is 328 g/mol. The molecule has 0 aromatic heterocycles. The van der Waals surface area contributed by atoms with E-state index in [9.17, 15) is 4.79 Å². The van der Waals surface area contributed by atoms with Crippen LogP contribution in [0.5, 0.6) is 0 Å². The zero-order valence-corrected chi connectivity index (χ0v) is 16.9. The number of ether oxygens (including phenoxy) is 3. The summed E-state index contributed by atoms with van der Waals surface area (Å²) in [5.41, 5.74) is 1.14. The smallest absolute Gasteiger partial charge is 0.302 e. The summed E-state index contributed by atoms with van der Waals surface area (Å²) in [5, 5.41) is 0. The summed E-state index contributed by atoms with van der Waals surface area (Å²) in [5.74, 6) is 2.01. The number of fused-ring (bicyclic) bond motifs is 2. The Balaban J connectivity index is 1.79. The van der Waals surface area contributed by atoms with E-state index in [-0.39, 0.29) is 35.8 Å². The van der Waals surface area contributed by atoms with Gasteiger partial charge in [-0.25, -0.2) is 0 Å². The van der Waals surface area contributed by atoms with Crippen LogP contribution < -0.4 is 0 Å². The Hall–Kier alpha value is -0.870. The van der Waals surface area contributed by atoms with Crippen molar-refractivity contribution in [2.24, 2.45) is 29.6 Å². The van der Waals surface area contributed by atoms with Gasteiger partial charge in [0, 0.05) is 12.8 Å². The van der Waals surface area contributed by atoms with Crippen LogP contribution in [0.1, 0.15) is 60.3 Å². The summed E-state index contributed by atoms with van der Waals surface area (Å²) in [4.78, 5) is 11.8. The molecule has 0 radical (unpaired) electrons. The topological polar surface area (TPSA) is 44.8 Å². The van der Waals surface area contributed by atoms with Gasteiger partial charge in [-0.2, -0.15) is 0 Å². The van der Waals surface area contributed by atoms with E-state index in [4.69, 9.17) is 14.2 Å². The highest BCUT2D eigenvalue weighted by Crippen LogP contribution is 2.57. The molecule has 9 atom stereocenters. The quantitative estimate of drug-likeness (QED) is 0.520. The fourth-order valence-electron chi connectivity index (χ4n) is 6.34. The minimum atomic E-state index is -0.247.